The third-order valence-corrected chi connectivity index (χ3v) is 2.24. The molecule has 1 rings (SSSR count). The van der Waals surface area contributed by atoms with Crippen molar-refractivity contribution in [3.05, 3.63) is 23.3 Å². The average Bonchev–Trinajstić information content (AvgIpc) is 2.19. The molecule has 0 bridgehead atoms. The number of benzene rings is 1. The average molecular weight is 210 g/mol. The molecular formula is C11H14O4. The number of phenols is 1. The molecule has 1 aromatic rings. The molecule has 0 heterocycles. The molecule has 0 aliphatic heterocycles. The minimum Gasteiger partial charge on any atom is -0.504 e. The Kier molecular flexibility index (Phi) is 3.55. The minimum atomic E-state index is -1.42. The molecule has 0 spiro atoms. The van der Waals surface area contributed by atoms with E-state index in [0.717, 1.165) is 24.0 Å². The lowest BCUT2D eigenvalue weighted by Gasteiger charge is -2.09. The van der Waals surface area contributed by atoms with Crippen molar-refractivity contribution in [1.29, 1.82) is 0 Å². The van der Waals surface area contributed by atoms with E-state index in [4.69, 9.17) is 5.11 Å². The monoisotopic (exact) mass is 210 g/mol. The smallest absolute Gasteiger partial charge is 0.504 e. The summed E-state index contributed by atoms with van der Waals surface area (Å²) < 4.78 is 4.45. The number of ether oxygens (including phenoxy) is 1. The SMILES string of the molecule is CCc1cc(O)c(OC(=O)O)cc1CC. The highest BCUT2D eigenvalue weighted by atomic mass is 16.7. The molecule has 0 amide bonds. The molecule has 82 valence electrons. The third-order valence-electron chi connectivity index (χ3n) is 2.24. The van der Waals surface area contributed by atoms with Crippen LogP contribution in [0.4, 0.5) is 4.79 Å². The lowest BCUT2D eigenvalue weighted by atomic mass is 10.0. The second kappa shape index (κ2) is 4.68. The third kappa shape index (κ3) is 2.62. The van der Waals surface area contributed by atoms with Gasteiger partial charge in [0.15, 0.2) is 11.5 Å². The Morgan fingerprint density at radius 2 is 1.80 bits per heavy atom. The van der Waals surface area contributed by atoms with Crippen LogP contribution in [0.2, 0.25) is 0 Å². The van der Waals surface area contributed by atoms with Gasteiger partial charge in [0.2, 0.25) is 0 Å². The van der Waals surface area contributed by atoms with Gasteiger partial charge in [-0.25, -0.2) is 4.79 Å². The topological polar surface area (TPSA) is 66.8 Å². The molecule has 0 radical (unpaired) electrons. The highest BCUT2D eigenvalue weighted by Crippen LogP contribution is 2.30. The number of aromatic hydroxyl groups is 1. The van der Waals surface area contributed by atoms with E-state index in [1.54, 1.807) is 12.1 Å². The maximum absolute atomic E-state index is 10.3. The number of carboxylic acid groups (broad SMARTS) is 1. The fraction of sp³-hybridized carbons (Fsp3) is 0.364. The summed E-state index contributed by atoms with van der Waals surface area (Å²) in [6, 6.07) is 3.12. The lowest BCUT2D eigenvalue weighted by Crippen LogP contribution is -2.04. The van der Waals surface area contributed by atoms with E-state index in [1.807, 2.05) is 13.8 Å². The number of hydrogen-bond donors (Lipinski definition) is 2. The van der Waals surface area contributed by atoms with Crippen LogP contribution >= 0.6 is 0 Å². The van der Waals surface area contributed by atoms with Crippen LogP contribution in [-0.2, 0) is 12.8 Å². The van der Waals surface area contributed by atoms with Gasteiger partial charge in [-0.1, -0.05) is 13.8 Å². The van der Waals surface area contributed by atoms with Gasteiger partial charge in [0.1, 0.15) is 0 Å². The number of carbonyl (C=O) groups is 1. The molecule has 4 nitrogen and oxygen atoms in total. The van der Waals surface area contributed by atoms with Crippen molar-refractivity contribution < 1.29 is 19.7 Å². The first kappa shape index (κ1) is 11.4. The summed E-state index contributed by atoms with van der Waals surface area (Å²) in [6.45, 7) is 3.95. The van der Waals surface area contributed by atoms with Crippen LogP contribution in [-0.4, -0.2) is 16.4 Å². The molecule has 0 aliphatic carbocycles. The molecule has 1 aromatic carbocycles. The van der Waals surface area contributed by atoms with Crippen molar-refractivity contribution in [2.45, 2.75) is 26.7 Å². The predicted molar refractivity (Wildman–Crippen MR) is 55.5 cm³/mol. The number of hydrogen-bond acceptors (Lipinski definition) is 3. The Bertz CT molecular complexity index is 371. The number of aryl methyl sites for hydroxylation is 2. The molecule has 0 saturated heterocycles. The zero-order chi connectivity index (χ0) is 11.4. The van der Waals surface area contributed by atoms with Crippen LogP contribution in [0, 0.1) is 0 Å². The maximum atomic E-state index is 10.3. The molecule has 15 heavy (non-hydrogen) atoms. The fourth-order valence-electron chi connectivity index (χ4n) is 1.49. The van der Waals surface area contributed by atoms with Crippen molar-refractivity contribution in [1.82, 2.24) is 0 Å². The summed E-state index contributed by atoms with van der Waals surface area (Å²) in [5.74, 6) is -0.136. The van der Waals surface area contributed by atoms with Gasteiger partial charge in [0.25, 0.3) is 0 Å². The van der Waals surface area contributed by atoms with Crippen molar-refractivity contribution in [2.24, 2.45) is 0 Å². The number of phenolic OH excluding ortho intramolecular Hbond substituents is 1. The Balaban J connectivity index is 3.13. The molecule has 0 unspecified atom stereocenters. The largest absolute Gasteiger partial charge is 0.511 e. The molecule has 0 aliphatic rings. The second-order valence-electron chi connectivity index (χ2n) is 3.16. The summed E-state index contributed by atoms with van der Waals surface area (Å²) in [5.41, 5.74) is 2.00. The summed E-state index contributed by atoms with van der Waals surface area (Å²) in [4.78, 5) is 10.3. The van der Waals surface area contributed by atoms with Crippen LogP contribution in [0.15, 0.2) is 12.1 Å². The predicted octanol–water partition coefficient (Wildman–Crippen LogP) is 2.57. The first-order valence-corrected chi connectivity index (χ1v) is 4.84. The van der Waals surface area contributed by atoms with Gasteiger partial charge in [-0.05, 0) is 36.1 Å². The molecule has 0 atom stereocenters. The summed E-state index contributed by atoms with van der Waals surface area (Å²) >= 11 is 0. The normalized spacial score (nSPS) is 10.0. The van der Waals surface area contributed by atoms with Crippen molar-refractivity contribution in [3.8, 4) is 11.5 Å². The first-order valence-electron chi connectivity index (χ1n) is 4.84. The Morgan fingerprint density at radius 3 is 2.27 bits per heavy atom. The van der Waals surface area contributed by atoms with Crippen molar-refractivity contribution in [3.63, 3.8) is 0 Å². The van der Waals surface area contributed by atoms with Gasteiger partial charge in [-0.3, -0.25) is 0 Å². The van der Waals surface area contributed by atoms with Gasteiger partial charge in [0.05, 0.1) is 0 Å². The molecule has 2 N–H and O–H groups in total. The van der Waals surface area contributed by atoms with E-state index in [2.05, 4.69) is 4.74 Å². The van der Waals surface area contributed by atoms with Gasteiger partial charge in [-0.15, -0.1) is 0 Å². The summed E-state index contributed by atoms with van der Waals surface area (Å²) in [6.07, 6.45) is 0.153. The van der Waals surface area contributed by atoms with Crippen molar-refractivity contribution in [2.75, 3.05) is 0 Å². The highest BCUT2D eigenvalue weighted by molar-refractivity contribution is 5.63. The highest BCUT2D eigenvalue weighted by Gasteiger charge is 2.11. The molecule has 4 heteroatoms. The zero-order valence-corrected chi connectivity index (χ0v) is 8.78. The van der Waals surface area contributed by atoms with E-state index in [0.29, 0.717) is 0 Å². The molecule has 0 aromatic heterocycles. The number of rotatable bonds is 3. The minimum absolute atomic E-state index is 0.00319. The van der Waals surface area contributed by atoms with E-state index < -0.39 is 6.16 Å². The Labute approximate surface area is 88.1 Å². The van der Waals surface area contributed by atoms with Gasteiger partial charge in [0, 0.05) is 0 Å². The molecule has 0 saturated carbocycles. The maximum Gasteiger partial charge on any atom is 0.511 e. The first-order chi connectivity index (χ1) is 7.08. The van der Waals surface area contributed by atoms with Crippen LogP contribution in [0.1, 0.15) is 25.0 Å². The van der Waals surface area contributed by atoms with Crippen molar-refractivity contribution >= 4 is 6.16 Å². The van der Waals surface area contributed by atoms with Crippen LogP contribution in [0.5, 0.6) is 11.5 Å². The van der Waals surface area contributed by atoms with E-state index in [-0.39, 0.29) is 11.5 Å². The van der Waals surface area contributed by atoms with E-state index in [1.165, 1.54) is 0 Å². The fourth-order valence-corrected chi connectivity index (χ4v) is 1.49. The van der Waals surface area contributed by atoms with Crippen LogP contribution in [0.3, 0.4) is 0 Å². The Morgan fingerprint density at radius 1 is 1.27 bits per heavy atom. The second-order valence-corrected chi connectivity index (χ2v) is 3.16. The Hall–Kier alpha value is -1.71. The van der Waals surface area contributed by atoms with Gasteiger partial charge < -0.3 is 14.9 Å². The zero-order valence-electron chi connectivity index (χ0n) is 8.78. The van der Waals surface area contributed by atoms with E-state index >= 15 is 0 Å². The van der Waals surface area contributed by atoms with Gasteiger partial charge >= 0.3 is 6.16 Å². The van der Waals surface area contributed by atoms with E-state index in [9.17, 15) is 9.90 Å². The summed E-state index contributed by atoms with van der Waals surface area (Å²) in [5, 5.41) is 18.0. The molecule has 0 fully saturated rings. The van der Waals surface area contributed by atoms with Gasteiger partial charge in [-0.2, -0.15) is 0 Å². The quantitative estimate of drug-likeness (QED) is 0.594. The van der Waals surface area contributed by atoms with Crippen LogP contribution in [0.25, 0.3) is 0 Å². The molecular weight excluding hydrogens is 196 g/mol. The van der Waals surface area contributed by atoms with Crippen LogP contribution < -0.4 is 4.74 Å². The summed E-state index contributed by atoms with van der Waals surface area (Å²) in [7, 11) is 0. The lowest BCUT2D eigenvalue weighted by molar-refractivity contribution is 0.143. The standard InChI is InChI=1S/C11H14O4/c1-3-7-5-9(12)10(15-11(13)14)6-8(7)4-2/h5-6,12H,3-4H2,1-2H3,(H,13,14).